The minimum atomic E-state index is -0.761. The summed E-state index contributed by atoms with van der Waals surface area (Å²) in [7, 11) is 0. The molecule has 17 heavy (non-hydrogen) atoms. The Kier molecular flexibility index (Phi) is 2.28. The molecule has 1 N–H and O–H groups in total. The number of nitrogens with zero attached hydrogens (tertiary/aromatic N) is 1. The van der Waals surface area contributed by atoms with Gasteiger partial charge in [0.25, 0.3) is 0 Å². The molecule has 4 nitrogen and oxygen atoms in total. The third kappa shape index (κ3) is 1.58. The van der Waals surface area contributed by atoms with Gasteiger partial charge in [0, 0.05) is 18.7 Å². The number of hydrogen-bond donors (Lipinski definition) is 1. The second-order valence-corrected chi connectivity index (χ2v) is 5.46. The van der Waals surface area contributed by atoms with Crippen molar-refractivity contribution in [1.29, 1.82) is 0 Å². The zero-order valence-corrected chi connectivity index (χ0v) is 9.82. The molecule has 1 aliphatic heterocycles. The number of allylic oxidation sites excluding steroid dienone is 1. The lowest BCUT2D eigenvalue weighted by Crippen LogP contribution is -2.47. The highest BCUT2D eigenvalue weighted by Gasteiger charge is 2.51. The average molecular weight is 235 g/mol. The Balaban J connectivity index is 1.91. The number of carbonyl (C=O) groups is 2. The summed E-state index contributed by atoms with van der Waals surface area (Å²) in [6, 6.07) is 0. The first-order chi connectivity index (χ1) is 8.13. The summed E-state index contributed by atoms with van der Waals surface area (Å²) in [5, 5.41) is 9.47. The van der Waals surface area contributed by atoms with Gasteiger partial charge in [0.1, 0.15) is 5.41 Å². The summed E-state index contributed by atoms with van der Waals surface area (Å²) in [6.45, 7) is 0.736. The minimum absolute atomic E-state index is 0.113. The lowest BCUT2D eigenvalue weighted by Gasteiger charge is -2.39. The summed E-state index contributed by atoms with van der Waals surface area (Å²) in [5.41, 5.74) is 0.0242. The highest BCUT2D eigenvalue weighted by Crippen LogP contribution is 2.49. The molecule has 2 aliphatic carbocycles. The van der Waals surface area contributed by atoms with E-state index in [4.69, 9.17) is 0 Å². The predicted octanol–water partition coefficient (Wildman–Crippen LogP) is 1.77. The van der Waals surface area contributed by atoms with Crippen molar-refractivity contribution in [3.63, 3.8) is 0 Å². The van der Waals surface area contributed by atoms with Crippen LogP contribution in [0.4, 0.5) is 0 Å². The smallest absolute Gasteiger partial charge is 0.315 e. The van der Waals surface area contributed by atoms with Crippen LogP contribution in [0.5, 0.6) is 0 Å². The van der Waals surface area contributed by atoms with Crippen molar-refractivity contribution in [3.05, 3.63) is 11.8 Å². The molecule has 3 rings (SSSR count). The van der Waals surface area contributed by atoms with Crippen LogP contribution in [-0.2, 0) is 9.59 Å². The van der Waals surface area contributed by atoms with Crippen LogP contribution in [0, 0.1) is 11.3 Å². The fourth-order valence-electron chi connectivity index (χ4n) is 3.07. The summed E-state index contributed by atoms with van der Waals surface area (Å²) < 4.78 is 0. The lowest BCUT2D eigenvalue weighted by molar-refractivity contribution is -0.151. The SMILES string of the molecule is O=C1CC[C@@]2(C(=O)O)CCC=C2N1CC1CC1. The van der Waals surface area contributed by atoms with E-state index in [-0.39, 0.29) is 5.91 Å². The Hall–Kier alpha value is -1.32. The molecule has 1 heterocycles. The summed E-state index contributed by atoms with van der Waals surface area (Å²) in [6.07, 6.45) is 6.63. The van der Waals surface area contributed by atoms with E-state index < -0.39 is 11.4 Å². The van der Waals surface area contributed by atoms with E-state index in [0.29, 0.717) is 25.2 Å². The molecule has 1 saturated carbocycles. The van der Waals surface area contributed by atoms with Crippen molar-refractivity contribution >= 4 is 11.9 Å². The number of likely N-dealkylation sites (tertiary alicyclic amines) is 1. The van der Waals surface area contributed by atoms with Crippen LogP contribution < -0.4 is 0 Å². The summed E-state index contributed by atoms with van der Waals surface area (Å²) in [4.78, 5) is 25.3. The molecule has 1 amide bonds. The van der Waals surface area contributed by atoms with E-state index in [0.717, 1.165) is 18.7 Å². The van der Waals surface area contributed by atoms with E-state index in [2.05, 4.69) is 0 Å². The highest BCUT2D eigenvalue weighted by molar-refractivity contribution is 5.87. The maximum atomic E-state index is 12.0. The minimum Gasteiger partial charge on any atom is -0.481 e. The number of hydrogen-bond acceptors (Lipinski definition) is 2. The number of carboxylic acid groups (broad SMARTS) is 1. The number of carbonyl (C=O) groups excluding carboxylic acids is 1. The number of fused-ring (bicyclic) bond motifs is 1. The molecule has 4 heteroatoms. The number of piperidine rings is 1. The van der Waals surface area contributed by atoms with E-state index in [1.165, 1.54) is 12.8 Å². The van der Waals surface area contributed by atoms with Gasteiger partial charge in [-0.15, -0.1) is 0 Å². The molecule has 3 aliphatic rings. The number of aliphatic carboxylic acids is 1. The first kappa shape index (κ1) is 10.8. The largest absolute Gasteiger partial charge is 0.481 e. The first-order valence-electron chi connectivity index (χ1n) is 6.38. The number of carboxylic acids is 1. The van der Waals surface area contributed by atoms with Gasteiger partial charge in [0.2, 0.25) is 5.91 Å². The highest BCUT2D eigenvalue weighted by atomic mass is 16.4. The Morgan fingerprint density at radius 2 is 2.24 bits per heavy atom. The molecule has 0 unspecified atom stereocenters. The van der Waals surface area contributed by atoms with Crippen LogP contribution in [-0.4, -0.2) is 28.4 Å². The quantitative estimate of drug-likeness (QED) is 0.811. The third-order valence-electron chi connectivity index (χ3n) is 4.30. The van der Waals surface area contributed by atoms with Crippen molar-refractivity contribution in [1.82, 2.24) is 4.90 Å². The van der Waals surface area contributed by atoms with Gasteiger partial charge in [-0.2, -0.15) is 0 Å². The second kappa shape index (κ2) is 3.59. The molecule has 0 aromatic rings. The molecule has 0 aromatic carbocycles. The zero-order chi connectivity index (χ0) is 12.0. The van der Waals surface area contributed by atoms with Gasteiger partial charge in [-0.1, -0.05) is 6.08 Å². The molecule has 1 atom stereocenters. The van der Waals surface area contributed by atoms with Gasteiger partial charge in [0.05, 0.1) is 0 Å². The van der Waals surface area contributed by atoms with E-state index in [1.54, 1.807) is 4.90 Å². The Morgan fingerprint density at radius 1 is 1.47 bits per heavy atom. The van der Waals surface area contributed by atoms with Gasteiger partial charge < -0.3 is 10.0 Å². The van der Waals surface area contributed by atoms with Gasteiger partial charge >= 0.3 is 5.97 Å². The van der Waals surface area contributed by atoms with Crippen molar-refractivity contribution in [3.8, 4) is 0 Å². The Morgan fingerprint density at radius 3 is 2.88 bits per heavy atom. The standard InChI is InChI=1S/C13H17NO3/c15-11-5-7-13(12(16)17)6-1-2-10(13)14(11)8-9-3-4-9/h2,9H,1,3-8H2,(H,16,17)/t13-/m0/s1. The van der Waals surface area contributed by atoms with Crippen molar-refractivity contribution < 1.29 is 14.7 Å². The molecule has 0 bridgehead atoms. The predicted molar refractivity (Wildman–Crippen MR) is 61.1 cm³/mol. The monoisotopic (exact) mass is 235 g/mol. The molecule has 92 valence electrons. The van der Waals surface area contributed by atoms with Crippen molar-refractivity contribution in [2.24, 2.45) is 11.3 Å². The van der Waals surface area contributed by atoms with Crippen LogP contribution in [0.25, 0.3) is 0 Å². The van der Waals surface area contributed by atoms with E-state index >= 15 is 0 Å². The average Bonchev–Trinajstić information content (AvgIpc) is 2.99. The Labute approximate surface area is 100 Å². The fourth-order valence-corrected chi connectivity index (χ4v) is 3.07. The second-order valence-electron chi connectivity index (χ2n) is 5.46. The number of rotatable bonds is 3. The topological polar surface area (TPSA) is 57.6 Å². The Bertz CT molecular complexity index is 411. The zero-order valence-electron chi connectivity index (χ0n) is 9.82. The normalized spacial score (nSPS) is 32.4. The molecule has 0 spiro atoms. The third-order valence-corrected chi connectivity index (χ3v) is 4.30. The molecular formula is C13H17NO3. The molecular weight excluding hydrogens is 218 g/mol. The maximum Gasteiger partial charge on any atom is 0.315 e. The maximum absolute atomic E-state index is 12.0. The molecule has 2 fully saturated rings. The van der Waals surface area contributed by atoms with Gasteiger partial charge in [0.15, 0.2) is 0 Å². The lowest BCUT2D eigenvalue weighted by atomic mass is 9.77. The van der Waals surface area contributed by atoms with E-state index in [1.807, 2.05) is 6.08 Å². The van der Waals surface area contributed by atoms with Crippen LogP contribution in [0.15, 0.2) is 11.8 Å². The number of amides is 1. The van der Waals surface area contributed by atoms with Crippen LogP contribution in [0.1, 0.15) is 38.5 Å². The van der Waals surface area contributed by atoms with Crippen molar-refractivity contribution in [2.45, 2.75) is 38.5 Å². The van der Waals surface area contributed by atoms with E-state index in [9.17, 15) is 14.7 Å². The summed E-state index contributed by atoms with van der Waals surface area (Å²) in [5.74, 6) is -0.0403. The van der Waals surface area contributed by atoms with Crippen LogP contribution >= 0.6 is 0 Å². The van der Waals surface area contributed by atoms with Crippen LogP contribution in [0.2, 0.25) is 0 Å². The summed E-state index contributed by atoms with van der Waals surface area (Å²) >= 11 is 0. The van der Waals surface area contributed by atoms with Gasteiger partial charge in [-0.05, 0) is 38.0 Å². The van der Waals surface area contributed by atoms with Gasteiger partial charge in [-0.25, -0.2) is 0 Å². The molecule has 0 radical (unpaired) electrons. The fraction of sp³-hybridized carbons (Fsp3) is 0.692. The van der Waals surface area contributed by atoms with Gasteiger partial charge in [-0.3, -0.25) is 9.59 Å². The van der Waals surface area contributed by atoms with Crippen molar-refractivity contribution in [2.75, 3.05) is 6.54 Å². The molecule has 1 saturated heterocycles. The molecule has 0 aromatic heterocycles. The van der Waals surface area contributed by atoms with Crippen LogP contribution in [0.3, 0.4) is 0 Å². The first-order valence-corrected chi connectivity index (χ1v) is 6.38.